The summed E-state index contributed by atoms with van der Waals surface area (Å²) in [5.41, 5.74) is 5.89. The van der Waals surface area contributed by atoms with Crippen molar-refractivity contribution in [2.24, 2.45) is 0 Å². The number of halogens is 2. The van der Waals surface area contributed by atoms with Crippen molar-refractivity contribution in [1.82, 2.24) is 5.32 Å². The summed E-state index contributed by atoms with van der Waals surface area (Å²) in [7, 11) is 1.82. The fourth-order valence-corrected chi connectivity index (χ4v) is 1.18. The lowest BCUT2D eigenvalue weighted by atomic mass is 10.1. The molecule has 4 heteroatoms. The molecular weight excluding hydrogens is 198 g/mol. The first-order valence-corrected chi connectivity index (χ1v) is 4.71. The highest BCUT2D eigenvalue weighted by molar-refractivity contribution is 5.64. The molecular formula is C11H14F2N2. The molecule has 0 atom stereocenters. The van der Waals surface area contributed by atoms with Crippen LogP contribution in [-0.2, 0) is 0 Å². The molecule has 0 aromatic heterocycles. The van der Waals surface area contributed by atoms with E-state index < -0.39 is 11.6 Å². The molecule has 0 spiro atoms. The lowest BCUT2D eigenvalue weighted by Crippen LogP contribution is -2.05. The number of nitrogen functional groups attached to an aromatic ring is 1. The molecule has 0 heterocycles. The number of hydrogen-bond acceptors (Lipinski definition) is 2. The van der Waals surface area contributed by atoms with Gasteiger partial charge in [0.05, 0.1) is 0 Å². The van der Waals surface area contributed by atoms with Crippen LogP contribution in [0, 0.1) is 11.6 Å². The molecule has 15 heavy (non-hydrogen) atoms. The van der Waals surface area contributed by atoms with E-state index >= 15 is 0 Å². The molecule has 1 aromatic carbocycles. The van der Waals surface area contributed by atoms with E-state index in [0.29, 0.717) is 0 Å². The standard InChI is InChI=1S/C11H14F2N2/c1-15-7-3-2-4-8-10(14)6-5-9(12)11(8)13/h2,4-6,15H,3,7,14H2,1H3. The van der Waals surface area contributed by atoms with Crippen LogP contribution in [0.3, 0.4) is 0 Å². The second-order valence-corrected chi connectivity index (χ2v) is 3.16. The number of hydrogen-bond donors (Lipinski definition) is 2. The summed E-state index contributed by atoms with van der Waals surface area (Å²) in [5.74, 6) is -1.77. The molecule has 0 aliphatic rings. The summed E-state index contributed by atoms with van der Waals surface area (Å²) < 4.78 is 26.1. The van der Waals surface area contributed by atoms with Gasteiger partial charge in [-0.05, 0) is 32.1 Å². The minimum Gasteiger partial charge on any atom is -0.398 e. The van der Waals surface area contributed by atoms with Crippen molar-refractivity contribution in [3.8, 4) is 0 Å². The summed E-state index contributed by atoms with van der Waals surface area (Å²) in [6.45, 7) is 0.785. The van der Waals surface area contributed by atoms with Gasteiger partial charge in [-0.15, -0.1) is 0 Å². The number of anilines is 1. The van der Waals surface area contributed by atoms with Crippen molar-refractivity contribution >= 4 is 11.8 Å². The predicted molar refractivity (Wildman–Crippen MR) is 58.3 cm³/mol. The quantitative estimate of drug-likeness (QED) is 0.593. The monoisotopic (exact) mass is 212 g/mol. The normalized spacial score (nSPS) is 11.1. The van der Waals surface area contributed by atoms with Gasteiger partial charge >= 0.3 is 0 Å². The van der Waals surface area contributed by atoms with Gasteiger partial charge in [0.1, 0.15) is 0 Å². The van der Waals surface area contributed by atoms with E-state index in [2.05, 4.69) is 5.32 Å². The van der Waals surface area contributed by atoms with Crippen molar-refractivity contribution in [3.63, 3.8) is 0 Å². The highest BCUT2D eigenvalue weighted by Crippen LogP contribution is 2.20. The molecule has 0 amide bonds. The van der Waals surface area contributed by atoms with Crippen molar-refractivity contribution < 1.29 is 8.78 Å². The average Bonchev–Trinajstić information content (AvgIpc) is 2.23. The lowest BCUT2D eigenvalue weighted by Gasteiger charge is -2.02. The van der Waals surface area contributed by atoms with Crippen LogP contribution in [0.5, 0.6) is 0 Å². The van der Waals surface area contributed by atoms with Gasteiger partial charge in [0.15, 0.2) is 11.6 Å². The Bertz CT molecular complexity index is 362. The summed E-state index contributed by atoms with van der Waals surface area (Å²) >= 11 is 0. The largest absolute Gasteiger partial charge is 0.398 e. The third kappa shape index (κ3) is 3.02. The summed E-state index contributed by atoms with van der Waals surface area (Å²) in [6.07, 6.45) is 4.00. The maximum Gasteiger partial charge on any atom is 0.168 e. The van der Waals surface area contributed by atoms with Crippen LogP contribution in [0.15, 0.2) is 18.2 Å². The zero-order valence-electron chi connectivity index (χ0n) is 8.56. The first-order valence-electron chi connectivity index (χ1n) is 4.71. The van der Waals surface area contributed by atoms with Crippen molar-refractivity contribution in [1.29, 1.82) is 0 Å². The number of rotatable bonds is 4. The Morgan fingerprint density at radius 2 is 2.13 bits per heavy atom. The second-order valence-electron chi connectivity index (χ2n) is 3.16. The lowest BCUT2D eigenvalue weighted by molar-refractivity contribution is 0.507. The third-order valence-electron chi connectivity index (χ3n) is 2.01. The molecule has 0 saturated heterocycles. The molecule has 0 fully saturated rings. The fourth-order valence-electron chi connectivity index (χ4n) is 1.18. The average molecular weight is 212 g/mol. The minimum atomic E-state index is -0.893. The van der Waals surface area contributed by atoms with Gasteiger partial charge in [0.25, 0.3) is 0 Å². The fraction of sp³-hybridized carbons (Fsp3) is 0.273. The Hall–Kier alpha value is -1.42. The van der Waals surface area contributed by atoms with Crippen LogP contribution in [0.2, 0.25) is 0 Å². The molecule has 0 bridgehead atoms. The van der Waals surface area contributed by atoms with Crippen LogP contribution >= 0.6 is 0 Å². The van der Waals surface area contributed by atoms with Crippen LogP contribution in [-0.4, -0.2) is 13.6 Å². The van der Waals surface area contributed by atoms with Crippen LogP contribution in [0.1, 0.15) is 12.0 Å². The van der Waals surface area contributed by atoms with Crippen LogP contribution in [0.4, 0.5) is 14.5 Å². The zero-order chi connectivity index (χ0) is 11.3. The van der Waals surface area contributed by atoms with Crippen LogP contribution < -0.4 is 11.1 Å². The second kappa shape index (κ2) is 5.46. The zero-order valence-corrected chi connectivity index (χ0v) is 8.56. The van der Waals surface area contributed by atoms with E-state index in [0.717, 1.165) is 19.0 Å². The molecule has 0 aliphatic carbocycles. The molecule has 0 saturated carbocycles. The molecule has 0 radical (unpaired) electrons. The first-order chi connectivity index (χ1) is 7.16. The van der Waals surface area contributed by atoms with E-state index in [9.17, 15) is 8.78 Å². The molecule has 82 valence electrons. The van der Waals surface area contributed by atoms with Gasteiger partial charge in [0, 0.05) is 11.3 Å². The van der Waals surface area contributed by atoms with E-state index in [1.54, 1.807) is 6.08 Å². The molecule has 2 nitrogen and oxygen atoms in total. The van der Waals surface area contributed by atoms with Crippen molar-refractivity contribution in [3.05, 3.63) is 35.4 Å². The first kappa shape index (κ1) is 11.7. The molecule has 1 rings (SSSR count). The Balaban J connectivity index is 2.84. The van der Waals surface area contributed by atoms with Gasteiger partial charge in [0.2, 0.25) is 0 Å². The molecule has 0 unspecified atom stereocenters. The van der Waals surface area contributed by atoms with Gasteiger partial charge in [-0.1, -0.05) is 12.2 Å². The Kier molecular flexibility index (Phi) is 4.24. The number of nitrogens with two attached hydrogens (primary N) is 1. The third-order valence-corrected chi connectivity index (χ3v) is 2.01. The number of benzene rings is 1. The van der Waals surface area contributed by atoms with E-state index in [1.165, 1.54) is 12.1 Å². The number of nitrogens with one attached hydrogen (secondary N) is 1. The van der Waals surface area contributed by atoms with E-state index in [-0.39, 0.29) is 11.3 Å². The highest BCUT2D eigenvalue weighted by atomic mass is 19.2. The summed E-state index contributed by atoms with van der Waals surface area (Å²) in [5, 5.41) is 2.94. The molecule has 1 aromatic rings. The van der Waals surface area contributed by atoms with Crippen molar-refractivity contribution in [2.45, 2.75) is 6.42 Å². The van der Waals surface area contributed by atoms with Gasteiger partial charge in [-0.3, -0.25) is 0 Å². The minimum absolute atomic E-state index is 0.117. The Labute approximate surface area is 87.8 Å². The van der Waals surface area contributed by atoms with Gasteiger partial charge in [-0.2, -0.15) is 0 Å². The predicted octanol–water partition coefficient (Wildman–Crippen LogP) is 2.17. The Morgan fingerprint density at radius 1 is 1.40 bits per heavy atom. The highest BCUT2D eigenvalue weighted by Gasteiger charge is 2.08. The van der Waals surface area contributed by atoms with E-state index in [1.807, 2.05) is 7.05 Å². The summed E-state index contributed by atoms with van der Waals surface area (Å²) in [4.78, 5) is 0. The molecule has 0 aliphatic heterocycles. The topological polar surface area (TPSA) is 38.0 Å². The van der Waals surface area contributed by atoms with E-state index in [4.69, 9.17) is 5.73 Å². The van der Waals surface area contributed by atoms with Gasteiger partial charge in [-0.25, -0.2) is 8.78 Å². The Morgan fingerprint density at radius 3 is 2.80 bits per heavy atom. The van der Waals surface area contributed by atoms with Crippen LogP contribution in [0.25, 0.3) is 6.08 Å². The van der Waals surface area contributed by atoms with Crippen molar-refractivity contribution in [2.75, 3.05) is 19.3 Å². The summed E-state index contributed by atoms with van der Waals surface area (Å²) in [6, 6.07) is 2.38. The molecule has 3 N–H and O–H groups in total. The maximum atomic E-state index is 13.2. The smallest absolute Gasteiger partial charge is 0.168 e. The SMILES string of the molecule is CNCCC=Cc1c(N)ccc(F)c1F. The van der Waals surface area contributed by atoms with Gasteiger partial charge < -0.3 is 11.1 Å². The maximum absolute atomic E-state index is 13.2.